The summed E-state index contributed by atoms with van der Waals surface area (Å²) in [6.07, 6.45) is 0.872. The molecule has 2 aromatic rings. The monoisotopic (exact) mass is 352 g/mol. The molecule has 1 N–H and O–H groups in total. The van der Waals surface area contributed by atoms with Gasteiger partial charge in [0.2, 0.25) is 11.8 Å². The number of amides is 2. The number of carbonyl (C=O) groups excluding carboxylic acids is 2. The van der Waals surface area contributed by atoms with Gasteiger partial charge in [0.05, 0.1) is 6.42 Å². The standard InChI is InChI=1S/C22H28N2O2/c1-5-20(22(26)23-4)24(15-18-11-8-9-16(2)13-18)21(25)14-19-12-7-6-10-17(19)3/h6-13,20H,5,14-15H2,1-4H3,(H,23,26). The van der Waals surface area contributed by atoms with Crippen LogP contribution in [0.15, 0.2) is 48.5 Å². The van der Waals surface area contributed by atoms with Gasteiger partial charge in [-0.3, -0.25) is 9.59 Å². The van der Waals surface area contributed by atoms with E-state index in [0.717, 1.165) is 22.3 Å². The molecule has 0 saturated heterocycles. The van der Waals surface area contributed by atoms with E-state index in [1.165, 1.54) is 0 Å². The van der Waals surface area contributed by atoms with Crippen LogP contribution in [0.2, 0.25) is 0 Å². The molecular weight excluding hydrogens is 324 g/mol. The summed E-state index contributed by atoms with van der Waals surface area (Å²) in [7, 11) is 1.61. The van der Waals surface area contributed by atoms with Gasteiger partial charge < -0.3 is 10.2 Å². The third-order valence-electron chi connectivity index (χ3n) is 4.67. The second-order valence-electron chi connectivity index (χ2n) is 6.65. The summed E-state index contributed by atoms with van der Waals surface area (Å²) in [5.74, 6) is -0.158. The summed E-state index contributed by atoms with van der Waals surface area (Å²) >= 11 is 0. The minimum Gasteiger partial charge on any atom is -0.357 e. The van der Waals surface area contributed by atoms with E-state index in [2.05, 4.69) is 11.4 Å². The van der Waals surface area contributed by atoms with Crippen molar-refractivity contribution in [3.05, 3.63) is 70.8 Å². The van der Waals surface area contributed by atoms with Gasteiger partial charge in [0, 0.05) is 13.6 Å². The van der Waals surface area contributed by atoms with Crippen LogP contribution in [0.4, 0.5) is 0 Å². The Hall–Kier alpha value is -2.62. The summed E-state index contributed by atoms with van der Waals surface area (Å²) in [4.78, 5) is 27.2. The zero-order chi connectivity index (χ0) is 19.1. The number of rotatable bonds is 7. The largest absolute Gasteiger partial charge is 0.357 e. The molecule has 0 aliphatic carbocycles. The molecule has 0 radical (unpaired) electrons. The second-order valence-corrected chi connectivity index (χ2v) is 6.65. The van der Waals surface area contributed by atoms with Crippen LogP contribution in [0, 0.1) is 13.8 Å². The lowest BCUT2D eigenvalue weighted by atomic mass is 10.0. The maximum absolute atomic E-state index is 13.1. The van der Waals surface area contributed by atoms with E-state index in [0.29, 0.717) is 19.4 Å². The maximum Gasteiger partial charge on any atom is 0.242 e. The fraction of sp³-hybridized carbons (Fsp3) is 0.364. The third kappa shape index (κ3) is 4.94. The molecule has 138 valence electrons. The molecular formula is C22H28N2O2. The molecule has 0 saturated carbocycles. The van der Waals surface area contributed by atoms with Crippen LogP contribution in [-0.4, -0.2) is 29.8 Å². The zero-order valence-corrected chi connectivity index (χ0v) is 16.1. The summed E-state index contributed by atoms with van der Waals surface area (Å²) in [5, 5.41) is 2.69. The molecule has 0 aliphatic rings. The Balaban J connectivity index is 2.30. The average Bonchev–Trinajstić information content (AvgIpc) is 2.63. The number of aryl methyl sites for hydroxylation is 2. The molecule has 1 unspecified atom stereocenters. The lowest BCUT2D eigenvalue weighted by Crippen LogP contribution is -2.48. The minimum atomic E-state index is -0.475. The second kappa shape index (κ2) is 9.18. The van der Waals surface area contributed by atoms with Crippen molar-refractivity contribution in [3.8, 4) is 0 Å². The highest BCUT2D eigenvalue weighted by Gasteiger charge is 2.28. The van der Waals surface area contributed by atoms with Crippen LogP contribution in [0.3, 0.4) is 0 Å². The van der Waals surface area contributed by atoms with Crippen molar-refractivity contribution in [1.82, 2.24) is 10.2 Å². The van der Waals surface area contributed by atoms with Crippen molar-refractivity contribution in [3.63, 3.8) is 0 Å². The lowest BCUT2D eigenvalue weighted by molar-refractivity contribution is -0.140. The molecule has 0 aromatic heterocycles. The Labute approximate surface area is 156 Å². The topological polar surface area (TPSA) is 49.4 Å². The minimum absolute atomic E-state index is 0.0312. The molecule has 4 heteroatoms. The molecule has 4 nitrogen and oxygen atoms in total. The molecule has 2 amide bonds. The van der Waals surface area contributed by atoms with Crippen molar-refractivity contribution in [2.24, 2.45) is 0 Å². The number of nitrogens with zero attached hydrogens (tertiary/aromatic N) is 1. The van der Waals surface area contributed by atoms with Gasteiger partial charge in [-0.2, -0.15) is 0 Å². The summed E-state index contributed by atoms with van der Waals surface area (Å²) in [6.45, 7) is 6.39. The predicted molar refractivity (Wildman–Crippen MR) is 105 cm³/mol. The Bertz CT molecular complexity index is 770. The number of hydrogen-bond donors (Lipinski definition) is 1. The van der Waals surface area contributed by atoms with Crippen LogP contribution in [0.5, 0.6) is 0 Å². The molecule has 0 bridgehead atoms. The summed E-state index contributed by atoms with van der Waals surface area (Å²) in [6, 6.07) is 15.5. The molecule has 26 heavy (non-hydrogen) atoms. The number of carbonyl (C=O) groups is 2. The Morgan fingerprint density at radius 3 is 2.42 bits per heavy atom. The summed E-state index contributed by atoms with van der Waals surface area (Å²) in [5.41, 5.74) is 4.26. The normalized spacial score (nSPS) is 11.7. The van der Waals surface area contributed by atoms with E-state index < -0.39 is 6.04 Å². The zero-order valence-electron chi connectivity index (χ0n) is 16.1. The summed E-state index contributed by atoms with van der Waals surface area (Å²) < 4.78 is 0. The maximum atomic E-state index is 13.1. The Morgan fingerprint density at radius 1 is 1.08 bits per heavy atom. The number of nitrogens with one attached hydrogen (secondary N) is 1. The molecule has 0 spiro atoms. The van der Waals surface area contributed by atoms with Gasteiger partial charge in [0.25, 0.3) is 0 Å². The van der Waals surface area contributed by atoms with Crippen LogP contribution in [0.1, 0.15) is 35.6 Å². The average molecular weight is 352 g/mol. The lowest BCUT2D eigenvalue weighted by Gasteiger charge is -2.30. The van der Waals surface area contributed by atoms with Gasteiger partial charge in [-0.25, -0.2) is 0 Å². The van der Waals surface area contributed by atoms with E-state index >= 15 is 0 Å². The van der Waals surface area contributed by atoms with Crippen LogP contribution in [0.25, 0.3) is 0 Å². The molecule has 0 heterocycles. The van der Waals surface area contributed by atoms with Gasteiger partial charge in [-0.1, -0.05) is 61.0 Å². The third-order valence-corrected chi connectivity index (χ3v) is 4.67. The van der Waals surface area contributed by atoms with Gasteiger partial charge >= 0.3 is 0 Å². The molecule has 0 aliphatic heterocycles. The van der Waals surface area contributed by atoms with E-state index in [1.54, 1.807) is 11.9 Å². The van der Waals surface area contributed by atoms with E-state index in [4.69, 9.17) is 0 Å². The first-order chi connectivity index (χ1) is 12.5. The Kier molecular flexibility index (Phi) is 6.96. The quantitative estimate of drug-likeness (QED) is 0.830. The van der Waals surface area contributed by atoms with Crippen molar-refractivity contribution >= 4 is 11.8 Å². The molecule has 2 aromatic carbocycles. The molecule has 0 fully saturated rings. The SMILES string of the molecule is CCC(C(=O)NC)N(Cc1cccc(C)c1)C(=O)Cc1ccccc1C. The first kappa shape index (κ1) is 19.7. The molecule has 1 atom stereocenters. The predicted octanol–water partition coefficient (Wildman–Crippen LogP) is 3.40. The van der Waals surface area contributed by atoms with E-state index in [1.807, 2.05) is 63.2 Å². The van der Waals surface area contributed by atoms with E-state index in [-0.39, 0.29) is 11.8 Å². The van der Waals surface area contributed by atoms with E-state index in [9.17, 15) is 9.59 Å². The smallest absolute Gasteiger partial charge is 0.242 e. The van der Waals surface area contributed by atoms with Crippen molar-refractivity contribution < 1.29 is 9.59 Å². The highest BCUT2D eigenvalue weighted by Crippen LogP contribution is 2.16. The van der Waals surface area contributed by atoms with Crippen molar-refractivity contribution in [1.29, 1.82) is 0 Å². The van der Waals surface area contributed by atoms with Crippen LogP contribution < -0.4 is 5.32 Å². The number of hydrogen-bond acceptors (Lipinski definition) is 2. The van der Waals surface area contributed by atoms with Gasteiger partial charge in [0.1, 0.15) is 6.04 Å². The van der Waals surface area contributed by atoms with Gasteiger partial charge in [-0.05, 0) is 37.0 Å². The first-order valence-electron chi connectivity index (χ1n) is 9.07. The van der Waals surface area contributed by atoms with Crippen molar-refractivity contribution in [2.45, 2.75) is 46.2 Å². The number of benzene rings is 2. The first-order valence-corrected chi connectivity index (χ1v) is 9.07. The highest BCUT2D eigenvalue weighted by molar-refractivity contribution is 5.88. The van der Waals surface area contributed by atoms with Crippen LogP contribution >= 0.6 is 0 Å². The number of likely N-dealkylation sites (N-methyl/N-ethyl adjacent to an activating group) is 1. The Morgan fingerprint density at radius 2 is 1.81 bits per heavy atom. The van der Waals surface area contributed by atoms with Gasteiger partial charge in [0.15, 0.2) is 0 Å². The fourth-order valence-corrected chi connectivity index (χ4v) is 3.17. The van der Waals surface area contributed by atoms with Gasteiger partial charge in [-0.15, -0.1) is 0 Å². The molecule has 2 rings (SSSR count). The fourth-order valence-electron chi connectivity index (χ4n) is 3.17. The van der Waals surface area contributed by atoms with Crippen LogP contribution in [-0.2, 0) is 22.6 Å². The highest BCUT2D eigenvalue weighted by atomic mass is 16.2. The van der Waals surface area contributed by atoms with Crippen molar-refractivity contribution in [2.75, 3.05) is 7.05 Å².